The normalized spacial score (nSPS) is 14.0. The van der Waals surface area contributed by atoms with Gasteiger partial charge >= 0.3 is 0 Å². The van der Waals surface area contributed by atoms with Crippen LogP contribution in [0.2, 0.25) is 0 Å². The minimum atomic E-state index is -0.685. The molecule has 1 spiro atoms. The van der Waals surface area contributed by atoms with E-state index in [1.807, 2.05) is 73.1 Å². The molecule has 0 saturated carbocycles. The summed E-state index contributed by atoms with van der Waals surface area (Å²) in [5.74, 6) is 1.72. The summed E-state index contributed by atoms with van der Waals surface area (Å²) in [4.78, 5) is 30.0. The van der Waals surface area contributed by atoms with Gasteiger partial charge in [0.25, 0.3) is 0 Å². The fraction of sp³-hybridized carbons (Fsp3) is 0.0161. The molecule has 3 aliphatic carbocycles. The third-order valence-electron chi connectivity index (χ3n) is 14.9. The summed E-state index contributed by atoms with van der Waals surface area (Å²) < 4.78 is 7.57. The summed E-state index contributed by atoms with van der Waals surface area (Å²) >= 11 is 0. The van der Waals surface area contributed by atoms with Crippen molar-refractivity contribution >= 4 is 79.2 Å². The van der Waals surface area contributed by atoms with Crippen LogP contribution < -0.4 is 9.80 Å². The van der Waals surface area contributed by atoms with Gasteiger partial charge in [-0.05, 0) is 92.2 Å². The summed E-state index contributed by atoms with van der Waals surface area (Å²) in [7, 11) is 0. The first-order chi connectivity index (χ1) is 34.7. The number of nitrogens with zero attached hydrogens (tertiary/aromatic N) is 7. The second kappa shape index (κ2) is 13.8. The second-order valence-electron chi connectivity index (χ2n) is 18.3. The number of furan rings is 1. The minimum Gasteiger partial charge on any atom is -0.453 e. The molecule has 0 saturated heterocycles. The Labute approximate surface area is 401 Å². The molecule has 8 heteroatoms. The van der Waals surface area contributed by atoms with E-state index >= 15 is 0 Å². The molecular formula is C62H35N7O. The van der Waals surface area contributed by atoms with Gasteiger partial charge in [0.2, 0.25) is 5.95 Å². The van der Waals surface area contributed by atoms with Crippen molar-refractivity contribution in [1.82, 2.24) is 24.9 Å². The highest BCUT2D eigenvalue weighted by atomic mass is 16.3. The molecule has 8 nitrogen and oxygen atoms in total. The monoisotopic (exact) mass is 893 g/mol. The van der Waals surface area contributed by atoms with Crippen molar-refractivity contribution in [3.05, 3.63) is 234 Å². The molecule has 5 heterocycles. The molecule has 324 valence electrons. The summed E-state index contributed by atoms with van der Waals surface area (Å²) in [6.07, 6.45) is 8.26. The van der Waals surface area contributed by atoms with Gasteiger partial charge in [-0.15, -0.1) is 0 Å². The Morgan fingerprint density at radius 1 is 0.386 bits per heavy atom. The highest BCUT2D eigenvalue weighted by molar-refractivity contribution is 6.21. The van der Waals surface area contributed by atoms with E-state index in [0.717, 1.165) is 95.1 Å². The lowest BCUT2D eigenvalue weighted by Gasteiger charge is -2.39. The van der Waals surface area contributed by atoms with E-state index in [9.17, 15) is 0 Å². The number of rotatable bonds is 4. The lowest BCUT2D eigenvalue weighted by Crippen LogP contribution is -2.32. The fourth-order valence-electron chi connectivity index (χ4n) is 12.1. The average molecular weight is 894 g/mol. The van der Waals surface area contributed by atoms with Crippen LogP contribution in [0.25, 0.3) is 90.2 Å². The first kappa shape index (κ1) is 37.5. The molecule has 4 aliphatic rings. The van der Waals surface area contributed by atoms with Gasteiger partial charge in [0, 0.05) is 39.9 Å². The zero-order chi connectivity index (χ0) is 45.7. The van der Waals surface area contributed by atoms with Gasteiger partial charge in [-0.2, -0.15) is 9.97 Å². The van der Waals surface area contributed by atoms with E-state index in [4.69, 9.17) is 29.3 Å². The molecule has 1 aliphatic heterocycles. The zero-order valence-corrected chi connectivity index (χ0v) is 37.2. The smallest absolute Gasteiger partial charge is 0.238 e. The van der Waals surface area contributed by atoms with Crippen molar-refractivity contribution in [1.29, 1.82) is 0 Å². The van der Waals surface area contributed by atoms with Gasteiger partial charge in [0.05, 0.1) is 45.2 Å². The predicted molar refractivity (Wildman–Crippen MR) is 279 cm³/mol. The zero-order valence-electron chi connectivity index (χ0n) is 37.2. The molecular weight excluding hydrogens is 859 g/mol. The predicted octanol–water partition coefficient (Wildman–Crippen LogP) is 15.1. The molecule has 70 heavy (non-hydrogen) atoms. The van der Waals surface area contributed by atoms with E-state index < -0.39 is 5.41 Å². The van der Waals surface area contributed by atoms with E-state index in [1.54, 1.807) is 0 Å². The molecule has 0 unspecified atom stereocenters. The van der Waals surface area contributed by atoms with Crippen LogP contribution >= 0.6 is 0 Å². The Morgan fingerprint density at radius 2 is 0.929 bits per heavy atom. The first-order valence-corrected chi connectivity index (χ1v) is 23.6. The number of benzene rings is 8. The van der Waals surface area contributed by atoms with Gasteiger partial charge in [0.15, 0.2) is 17.2 Å². The van der Waals surface area contributed by atoms with Gasteiger partial charge in [-0.1, -0.05) is 158 Å². The van der Waals surface area contributed by atoms with E-state index in [0.29, 0.717) is 17.6 Å². The van der Waals surface area contributed by atoms with E-state index in [2.05, 4.69) is 149 Å². The largest absolute Gasteiger partial charge is 0.453 e. The molecule has 12 aromatic rings. The average Bonchev–Trinajstić information content (AvgIpc) is 4.12. The van der Waals surface area contributed by atoms with Crippen LogP contribution in [0.5, 0.6) is 0 Å². The number of pyridine rings is 2. The SMILES string of the molecule is C1=Cc2ccc3c4c(ccc1c24)-c1c(ccc2c1oc1c(N4c5ccccc5N(c5nc(-c6ccccc6)nc(-c6ccccc6)n5)c5ccccc54)cccc12)C31c2cccnc2-c2ncccc21. The van der Waals surface area contributed by atoms with Crippen LogP contribution in [0.3, 0.4) is 0 Å². The third kappa shape index (κ3) is 4.81. The number of hydrogen-bond acceptors (Lipinski definition) is 8. The van der Waals surface area contributed by atoms with Crippen molar-refractivity contribution < 1.29 is 4.42 Å². The van der Waals surface area contributed by atoms with Crippen molar-refractivity contribution in [2.75, 3.05) is 9.80 Å². The van der Waals surface area contributed by atoms with Gasteiger partial charge in [-0.25, -0.2) is 4.98 Å². The Morgan fingerprint density at radius 3 is 1.56 bits per heavy atom. The number of hydrogen-bond donors (Lipinski definition) is 0. The second-order valence-corrected chi connectivity index (χ2v) is 18.3. The molecule has 16 rings (SSSR count). The van der Waals surface area contributed by atoms with Crippen LogP contribution in [0.1, 0.15) is 33.4 Å². The molecule has 0 bridgehead atoms. The quantitative estimate of drug-likeness (QED) is 0.173. The Hall–Kier alpha value is -9.53. The van der Waals surface area contributed by atoms with Crippen molar-refractivity contribution in [2.45, 2.75) is 5.41 Å². The highest BCUT2D eigenvalue weighted by Crippen LogP contribution is 2.64. The molecule has 0 fully saturated rings. The Bertz CT molecular complexity index is 4110. The Kier molecular flexibility index (Phi) is 7.39. The minimum absolute atomic E-state index is 0.523. The van der Waals surface area contributed by atoms with Crippen molar-refractivity contribution in [2.24, 2.45) is 0 Å². The summed E-state index contributed by atoms with van der Waals surface area (Å²) in [6, 6.07) is 66.2. The Balaban J connectivity index is 0.947. The lowest BCUT2D eigenvalue weighted by atomic mass is 9.61. The van der Waals surface area contributed by atoms with E-state index in [-0.39, 0.29) is 0 Å². The summed E-state index contributed by atoms with van der Waals surface area (Å²) in [6.45, 7) is 0. The number of anilines is 6. The lowest BCUT2D eigenvalue weighted by molar-refractivity contribution is 0.667. The maximum absolute atomic E-state index is 7.57. The maximum Gasteiger partial charge on any atom is 0.238 e. The molecule has 0 N–H and O–H groups in total. The van der Waals surface area contributed by atoms with Crippen LogP contribution in [-0.2, 0) is 5.41 Å². The molecule has 8 aromatic carbocycles. The summed E-state index contributed by atoms with van der Waals surface area (Å²) in [5, 5.41) is 4.61. The van der Waals surface area contributed by atoms with Crippen LogP contribution in [0, 0.1) is 0 Å². The van der Waals surface area contributed by atoms with Crippen LogP contribution in [0.4, 0.5) is 34.4 Å². The molecule has 0 radical (unpaired) electrons. The fourth-order valence-corrected chi connectivity index (χ4v) is 12.1. The third-order valence-corrected chi connectivity index (χ3v) is 14.9. The van der Waals surface area contributed by atoms with Gasteiger partial charge in [0.1, 0.15) is 5.58 Å². The first-order valence-electron chi connectivity index (χ1n) is 23.6. The topological polar surface area (TPSA) is 84.1 Å². The molecule has 0 amide bonds. The van der Waals surface area contributed by atoms with E-state index in [1.165, 1.54) is 33.0 Å². The number of aromatic nitrogens is 5. The van der Waals surface area contributed by atoms with Gasteiger partial charge < -0.3 is 9.32 Å². The molecule has 0 atom stereocenters. The standard InChI is InChI=1S/C62H35N7O/c1-3-14-38(15-4-1)59-65-60(39-16-5-2-6-17-39)67-61(66-59)69-49-23-9-7-21-47(49)68(48-22-8-10-24-50(48)69)51-25-11-18-40-41-31-33-44-54(58(41)70-57(40)51)42-30-28-36-26-27-37-29-32-43(53(42)52(36)37)62(44)45-19-12-34-63-55(45)56-46(62)20-13-35-64-56/h1-35H. The van der Waals surface area contributed by atoms with Crippen molar-refractivity contribution in [3.63, 3.8) is 0 Å². The maximum atomic E-state index is 7.57. The van der Waals surface area contributed by atoms with Crippen LogP contribution in [0.15, 0.2) is 205 Å². The summed E-state index contributed by atoms with van der Waals surface area (Å²) in [5.41, 5.74) is 18.7. The van der Waals surface area contributed by atoms with Crippen LogP contribution in [-0.4, -0.2) is 24.9 Å². The number of para-hydroxylation sites is 5. The highest BCUT2D eigenvalue weighted by Gasteiger charge is 2.52. The van der Waals surface area contributed by atoms with Crippen molar-refractivity contribution in [3.8, 4) is 45.3 Å². The number of fused-ring (bicyclic) bond motifs is 15. The van der Waals surface area contributed by atoms with Gasteiger partial charge in [-0.3, -0.25) is 14.9 Å². The molecule has 4 aromatic heterocycles.